The summed E-state index contributed by atoms with van der Waals surface area (Å²) in [7, 11) is 0. The number of rotatable bonds is 7. The number of carboxylic acids is 1. The van der Waals surface area contributed by atoms with Gasteiger partial charge < -0.3 is 10.4 Å². The molecule has 20 heavy (non-hydrogen) atoms. The fourth-order valence-electron chi connectivity index (χ4n) is 2.05. The van der Waals surface area contributed by atoms with E-state index in [4.69, 9.17) is 0 Å². The number of hydrogen-bond donors (Lipinski definition) is 2. The van der Waals surface area contributed by atoms with E-state index >= 15 is 0 Å². The summed E-state index contributed by atoms with van der Waals surface area (Å²) >= 11 is 1.50. The summed E-state index contributed by atoms with van der Waals surface area (Å²) in [6.45, 7) is 3.82. The van der Waals surface area contributed by atoms with Crippen LogP contribution in [0.3, 0.4) is 0 Å². The quantitative estimate of drug-likeness (QED) is 0.759. The zero-order valence-corrected chi connectivity index (χ0v) is 12.9. The Hall–Kier alpha value is -1.49. The van der Waals surface area contributed by atoms with Crippen LogP contribution in [0.4, 0.5) is 0 Å². The first kappa shape index (κ1) is 16.6. The second kappa shape index (κ2) is 7.33. The molecule has 1 rings (SSSR count). The molecule has 5 heteroatoms. The zero-order chi connectivity index (χ0) is 15.2. The number of carbonyl (C=O) groups excluding carboxylic acids is 1. The van der Waals surface area contributed by atoms with E-state index in [0.717, 1.165) is 4.90 Å². The zero-order valence-electron chi connectivity index (χ0n) is 12.1. The monoisotopic (exact) mass is 295 g/mol. The van der Waals surface area contributed by atoms with Gasteiger partial charge in [-0.3, -0.25) is 9.59 Å². The highest BCUT2D eigenvalue weighted by molar-refractivity contribution is 7.98. The predicted molar refractivity (Wildman–Crippen MR) is 81.2 cm³/mol. The largest absolute Gasteiger partial charge is 0.481 e. The maximum absolute atomic E-state index is 12.2. The van der Waals surface area contributed by atoms with Crippen LogP contribution in [0.25, 0.3) is 0 Å². The van der Waals surface area contributed by atoms with E-state index in [0.29, 0.717) is 18.4 Å². The van der Waals surface area contributed by atoms with Gasteiger partial charge in [0.15, 0.2) is 0 Å². The van der Waals surface area contributed by atoms with Gasteiger partial charge in [-0.2, -0.15) is 0 Å². The van der Waals surface area contributed by atoms with Crippen LogP contribution in [0.5, 0.6) is 0 Å². The van der Waals surface area contributed by atoms with Crippen molar-refractivity contribution in [1.82, 2.24) is 5.32 Å². The van der Waals surface area contributed by atoms with E-state index in [1.807, 2.05) is 32.2 Å². The Balaban J connectivity index is 2.83. The van der Waals surface area contributed by atoms with E-state index in [1.54, 1.807) is 12.1 Å². The van der Waals surface area contributed by atoms with E-state index in [9.17, 15) is 14.7 Å². The van der Waals surface area contributed by atoms with Gasteiger partial charge in [0.1, 0.15) is 0 Å². The molecule has 0 unspecified atom stereocenters. The van der Waals surface area contributed by atoms with Crippen LogP contribution >= 0.6 is 11.8 Å². The van der Waals surface area contributed by atoms with Crippen molar-refractivity contribution in [3.05, 3.63) is 29.8 Å². The summed E-state index contributed by atoms with van der Waals surface area (Å²) in [5.41, 5.74) is -0.296. The van der Waals surface area contributed by atoms with Crippen molar-refractivity contribution >= 4 is 23.6 Å². The Morgan fingerprint density at radius 1 is 1.25 bits per heavy atom. The van der Waals surface area contributed by atoms with Crippen LogP contribution in [0.2, 0.25) is 0 Å². The summed E-state index contributed by atoms with van der Waals surface area (Å²) < 4.78 is 0. The molecule has 0 aliphatic heterocycles. The lowest BCUT2D eigenvalue weighted by Gasteiger charge is -2.27. The van der Waals surface area contributed by atoms with Gasteiger partial charge in [0.2, 0.25) is 0 Å². The molecule has 1 aromatic carbocycles. The normalized spacial score (nSPS) is 11.2. The van der Waals surface area contributed by atoms with Gasteiger partial charge in [-0.15, -0.1) is 11.8 Å². The average molecular weight is 295 g/mol. The minimum absolute atomic E-state index is 0.150. The molecular weight excluding hydrogens is 274 g/mol. The van der Waals surface area contributed by atoms with Crippen LogP contribution in [0, 0.1) is 5.41 Å². The molecule has 2 N–H and O–H groups in total. The molecule has 110 valence electrons. The molecule has 1 aromatic rings. The molecule has 0 bridgehead atoms. The minimum atomic E-state index is -0.885. The number of amides is 1. The summed E-state index contributed by atoms with van der Waals surface area (Å²) in [5.74, 6) is -1.08. The highest BCUT2D eigenvalue weighted by atomic mass is 32.2. The highest BCUT2D eigenvalue weighted by Crippen LogP contribution is 2.26. The number of nitrogens with one attached hydrogen (secondary N) is 1. The number of carboxylic acid groups (broad SMARTS) is 1. The Morgan fingerprint density at radius 2 is 1.85 bits per heavy atom. The van der Waals surface area contributed by atoms with Crippen molar-refractivity contribution in [2.24, 2.45) is 5.41 Å². The molecule has 4 nitrogen and oxygen atoms in total. The lowest BCUT2D eigenvalue weighted by Crippen LogP contribution is -2.42. The first-order chi connectivity index (χ1) is 9.50. The predicted octanol–water partition coefficient (Wildman–Crippen LogP) is 3.03. The first-order valence-electron chi connectivity index (χ1n) is 6.65. The number of benzene rings is 1. The van der Waals surface area contributed by atoms with Crippen LogP contribution in [-0.4, -0.2) is 29.8 Å². The van der Waals surface area contributed by atoms with Crippen molar-refractivity contribution in [2.75, 3.05) is 12.8 Å². The molecule has 0 heterocycles. The third-order valence-electron chi connectivity index (χ3n) is 3.75. The Kier molecular flexibility index (Phi) is 6.07. The van der Waals surface area contributed by atoms with Gasteiger partial charge in [-0.05, 0) is 31.2 Å². The highest BCUT2D eigenvalue weighted by Gasteiger charge is 2.35. The Morgan fingerprint density at radius 3 is 2.35 bits per heavy atom. The smallest absolute Gasteiger partial charge is 0.311 e. The first-order valence-corrected chi connectivity index (χ1v) is 7.87. The van der Waals surface area contributed by atoms with Crippen molar-refractivity contribution in [3.63, 3.8) is 0 Å². The number of thioether (sulfide) groups is 1. The summed E-state index contributed by atoms with van der Waals surface area (Å²) in [6, 6.07) is 7.31. The second-order valence-corrected chi connectivity index (χ2v) is 5.52. The van der Waals surface area contributed by atoms with Gasteiger partial charge >= 0.3 is 5.97 Å². The molecule has 0 aromatic heterocycles. The number of aliphatic carboxylic acids is 1. The van der Waals surface area contributed by atoms with Gasteiger partial charge in [-0.1, -0.05) is 26.0 Å². The van der Waals surface area contributed by atoms with Crippen LogP contribution in [0.1, 0.15) is 37.0 Å². The minimum Gasteiger partial charge on any atom is -0.481 e. The molecule has 0 spiro atoms. The topological polar surface area (TPSA) is 66.4 Å². The summed E-state index contributed by atoms with van der Waals surface area (Å²) in [6.07, 6.45) is 2.89. The molecule has 0 saturated carbocycles. The van der Waals surface area contributed by atoms with Crippen molar-refractivity contribution in [2.45, 2.75) is 31.6 Å². The summed E-state index contributed by atoms with van der Waals surface area (Å²) in [5, 5.41) is 12.1. The lowest BCUT2D eigenvalue weighted by molar-refractivity contribution is -0.149. The second-order valence-electron chi connectivity index (χ2n) is 4.68. The van der Waals surface area contributed by atoms with E-state index in [-0.39, 0.29) is 12.5 Å². The van der Waals surface area contributed by atoms with Gasteiger partial charge in [-0.25, -0.2) is 0 Å². The number of carbonyl (C=O) groups is 2. The molecule has 1 amide bonds. The maximum atomic E-state index is 12.2. The molecule has 0 fully saturated rings. The fourth-order valence-corrected chi connectivity index (χ4v) is 2.65. The molecule has 0 aliphatic rings. The fraction of sp³-hybridized carbons (Fsp3) is 0.467. The summed E-state index contributed by atoms with van der Waals surface area (Å²) in [4.78, 5) is 24.5. The molecular formula is C15H21NO3S. The SMILES string of the molecule is CCC(CC)(CNC(=O)c1ccccc1SC)C(=O)O. The van der Waals surface area contributed by atoms with Gasteiger partial charge in [0.05, 0.1) is 11.0 Å². The standard InChI is InChI=1S/C15H21NO3S/c1-4-15(5-2,14(18)19)10-16-13(17)11-8-6-7-9-12(11)20-3/h6-9H,4-5,10H2,1-3H3,(H,16,17)(H,18,19). The van der Waals surface area contributed by atoms with Gasteiger partial charge in [0, 0.05) is 11.4 Å². The van der Waals surface area contributed by atoms with Crippen molar-refractivity contribution < 1.29 is 14.7 Å². The van der Waals surface area contributed by atoms with Crippen molar-refractivity contribution in [1.29, 1.82) is 0 Å². The lowest BCUT2D eigenvalue weighted by atomic mass is 9.82. The average Bonchev–Trinajstić information content (AvgIpc) is 2.48. The molecule has 0 saturated heterocycles. The van der Waals surface area contributed by atoms with E-state index in [1.165, 1.54) is 11.8 Å². The number of hydrogen-bond acceptors (Lipinski definition) is 3. The van der Waals surface area contributed by atoms with Crippen LogP contribution in [-0.2, 0) is 4.79 Å². The van der Waals surface area contributed by atoms with E-state index in [2.05, 4.69) is 5.32 Å². The molecule has 0 radical (unpaired) electrons. The van der Waals surface area contributed by atoms with E-state index < -0.39 is 11.4 Å². The third-order valence-corrected chi connectivity index (χ3v) is 4.54. The molecule has 0 atom stereocenters. The van der Waals surface area contributed by atoms with Crippen LogP contribution in [0.15, 0.2) is 29.2 Å². The van der Waals surface area contributed by atoms with Crippen molar-refractivity contribution in [3.8, 4) is 0 Å². The Bertz CT molecular complexity index is 484. The third kappa shape index (κ3) is 3.54. The molecule has 0 aliphatic carbocycles. The van der Waals surface area contributed by atoms with Gasteiger partial charge in [0.25, 0.3) is 5.91 Å². The Labute approximate surface area is 124 Å². The maximum Gasteiger partial charge on any atom is 0.311 e. The van der Waals surface area contributed by atoms with Crippen LogP contribution < -0.4 is 5.32 Å².